The van der Waals surface area contributed by atoms with Crippen LogP contribution in [0.15, 0.2) is 53.5 Å². The lowest BCUT2D eigenvalue weighted by Gasteiger charge is -2.11. The molecule has 0 aliphatic heterocycles. The average molecular weight is 431 g/mol. The quantitative estimate of drug-likeness (QED) is 0.387. The van der Waals surface area contributed by atoms with Crippen LogP contribution in [0.5, 0.6) is 5.75 Å². The monoisotopic (exact) mass is 431 g/mol. The van der Waals surface area contributed by atoms with E-state index in [-0.39, 0.29) is 42.0 Å². The zero-order chi connectivity index (χ0) is 15.9. The van der Waals surface area contributed by atoms with Crippen molar-refractivity contribution in [2.75, 3.05) is 19.0 Å². The van der Waals surface area contributed by atoms with Gasteiger partial charge in [0.1, 0.15) is 17.7 Å². The zero-order valence-electron chi connectivity index (χ0n) is 12.6. The molecule has 5 nitrogen and oxygen atoms in total. The number of nitrogens with one attached hydrogen (secondary N) is 1. The van der Waals surface area contributed by atoms with E-state index in [0.717, 1.165) is 11.4 Å². The molecule has 0 radical (unpaired) electrons. The summed E-state index contributed by atoms with van der Waals surface area (Å²) < 4.78 is 18.6. The Morgan fingerprint density at radius 2 is 1.91 bits per heavy atom. The molecule has 0 aromatic heterocycles. The number of halogens is 2. The number of aliphatic hydroxyl groups excluding tert-OH is 1. The lowest BCUT2D eigenvalue weighted by atomic mass is 10.1. The Labute approximate surface area is 151 Å². The first-order valence-electron chi connectivity index (χ1n) is 6.73. The van der Waals surface area contributed by atoms with Gasteiger partial charge in [-0.2, -0.15) is 0 Å². The van der Waals surface area contributed by atoms with E-state index < -0.39 is 11.9 Å². The third kappa shape index (κ3) is 5.68. The number of anilines is 1. The molecule has 0 fully saturated rings. The van der Waals surface area contributed by atoms with Crippen LogP contribution >= 0.6 is 24.0 Å². The van der Waals surface area contributed by atoms with Crippen LogP contribution in [0.1, 0.15) is 11.7 Å². The lowest BCUT2D eigenvalue weighted by Crippen LogP contribution is -2.23. The van der Waals surface area contributed by atoms with Crippen molar-refractivity contribution in [2.24, 2.45) is 10.7 Å². The Kier molecular flexibility index (Phi) is 7.76. The maximum absolute atomic E-state index is 13.5. The molecule has 1 unspecified atom stereocenters. The van der Waals surface area contributed by atoms with Gasteiger partial charge in [0.05, 0.1) is 13.7 Å². The minimum atomic E-state index is -1.04. The van der Waals surface area contributed by atoms with Crippen LogP contribution in [0.4, 0.5) is 10.1 Å². The van der Waals surface area contributed by atoms with Gasteiger partial charge in [-0.15, -0.1) is 24.0 Å². The minimum absolute atomic E-state index is 0. The highest BCUT2D eigenvalue weighted by Gasteiger charge is 2.11. The van der Waals surface area contributed by atoms with E-state index in [1.54, 1.807) is 43.5 Å². The van der Waals surface area contributed by atoms with Crippen molar-refractivity contribution >= 4 is 35.6 Å². The number of methoxy groups -OCH3 is 1. The third-order valence-electron chi connectivity index (χ3n) is 3.06. The van der Waals surface area contributed by atoms with Gasteiger partial charge < -0.3 is 20.9 Å². The van der Waals surface area contributed by atoms with Gasteiger partial charge in [0.25, 0.3) is 0 Å². The maximum atomic E-state index is 13.5. The highest BCUT2D eigenvalue weighted by Crippen LogP contribution is 2.17. The molecule has 0 saturated carbocycles. The summed E-state index contributed by atoms with van der Waals surface area (Å²) in [4.78, 5) is 4.01. The second kappa shape index (κ2) is 9.31. The topological polar surface area (TPSA) is 79.9 Å². The molecule has 1 atom stereocenters. The number of nitrogens with zero attached hydrogens (tertiary/aromatic N) is 1. The summed E-state index contributed by atoms with van der Waals surface area (Å²) in [5.74, 6) is 0.406. The molecular formula is C16H19FIN3O2. The van der Waals surface area contributed by atoms with E-state index in [1.165, 1.54) is 12.1 Å². The van der Waals surface area contributed by atoms with Gasteiger partial charge in [-0.1, -0.05) is 18.2 Å². The number of aliphatic hydroxyl groups is 1. The average Bonchev–Trinajstić information content (AvgIpc) is 2.54. The summed E-state index contributed by atoms with van der Waals surface area (Å²) in [6.45, 7) is -0.0318. The van der Waals surface area contributed by atoms with Crippen molar-refractivity contribution in [3.05, 3.63) is 59.9 Å². The van der Waals surface area contributed by atoms with Crippen LogP contribution in [0.25, 0.3) is 0 Å². The van der Waals surface area contributed by atoms with Crippen molar-refractivity contribution in [1.82, 2.24) is 0 Å². The molecule has 23 heavy (non-hydrogen) atoms. The molecule has 124 valence electrons. The fourth-order valence-electron chi connectivity index (χ4n) is 1.89. The summed E-state index contributed by atoms with van der Waals surface area (Å²) in [7, 11) is 1.59. The summed E-state index contributed by atoms with van der Waals surface area (Å²) in [5.41, 5.74) is 6.68. The van der Waals surface area contributed by atoms with Crippen molar-refractivity contribution in [3.63, 3.8) is 0 Å². The molecule has 2 aromatic rings. The molecule has 4 N–H and O–H groups in total. The summed E-state index contributed by atoms with van der Waals surface area (Å²) >= 11 is 0. The molecule has 7 heteroatoms. The molecular weight excluding hydrogens is 412 g/mol. The third-order valence-corrected chi connectivity index (χ3v) is 3.06. The highest BCUT2D eigenvalue weighted by molar-refractivity contribution is 14.0. The van der Waals surface area contributed by atoms with Gasteiger partial charge >= 0.3 is 0 Å². The molecule has 0 spiro atoms. The molecule has 0 heterocycles. The molecule has 2 aromatic carbocycles. The first-order valence-corrected chi connectivity index (χ1v) is 6.73. The van der Waals surface area contributed by atoms with Crippen LogP contribution in [-0.4, -0.2) is 24.7 Å². The molecule has 0 bridgehead atoms. The van der Waals surface area contributed by atoms with Crippen LogP contribution in [0.2, 0.25) is 0 Å². The number of hydrogen-bond donors (Lipinski definition) is 3. The SMILES string of the molecule is COc1ccc(NC(N)=NCC(O)c2ccccc2F)cc1.I. The van der Waals surface area contributed by atoms with Gasteiger partial charge in [0.2, 0.25) is 0 Å². The fraction of sp³-hybridized carbons (Fsp3) is 0.188. The second-order valence-corrected chi connectivity index (χ2v) is 4.62. The standard InChI is InChI=1S/C16H18FN3O2.HI/c1-22-12-8-6-11(7-9-12)20-16(18)19-10-15(21)13-4-2-3-5-14(13)17;/h2-9,15,21H,10H2,1H3,(H3,18,19,20);1H. The van der Waals surface area contributed by atoms with E-state index >= 15 is 0 Å². The predicted octanol–water partition coefficient (Wildman–Crippen LogP) is 2.91. The lowest BCUT2D eigenvalue weighted by molar-refractivity contribution is 0.182. The number of guanidine groups is 1. The Hall–Kier alpha value is -1.87. The van der Waals surface area contributed by atoms with E-state index in [4.69, 9.17) is 10.5 Å². The Morgan fingerprint density at radius 1 is 1.26 bits per heavy atom. The Morgan fingerprint density at radius 3 is 2.52 bits per heavy atom. The smallest absolute Gasteiger partial charge is 0.193 e. The van der Waals surface area contributed by atoms with E-state index in [9.17, 15) is 9.50 Å². The highest BCUT2D eigenvalue weighted by atomic mass is 127. The number of rotatable bonds is 5. The van der Waals surface area contributed by atoms with Crippen LogP contribution in [0, 0.1) is 5.82 Å². The minimum Gasteiger partial charge on any atom is -0.497 e. The Bertz CT molecular complexity index is 650. The summed E-state index contributed by atoms with van der Waals surface area (Å²) in [5, 5.41) is 12.8. The second-order valence-electron chi connectivity index (χ2n) is 4.62. The van der Waals surface area contributed by atoms with Crippen molar-refractivity contribution in [2.45, 2.75) is 6.10 Å². The first-order chi connectivity index (χ1) is 10.6. The van der Waals surface area contributed by atoms with Gasteiger partial charge in [0.15, 0.2) is 5.96 Å². The van der Waals surface area contributed by atoms with E-state index in [2.05, 4.69) is 10.3 Å². The molecule has 2 rings (SSSR count). The van der Waals surface area contributed by atoms with E-state index in [1.807, 2.05) is 0 Å². The number of benzene rings is 2. The fourth-order valence-corrected chi connectivity index (χ4v) is 1.89. The molecule has 0 saturated heterocycles. The predicted molar refractivity (Wildman–Crippen MR) is 99.9 cm³/mol. The largest absolute Gasteiger partial charge is 0.497 e. The zero-order valence-corrected chi connectivity index (χ0v) is 14.9. The number of nitrogens with two attached hydrogens (primary N) is 1. The van der Waals surface area contributed by atoms with Crippen LogP contribution in [-0.2, 0) is 0 Å². The van der Waals surface area contributed by atoms with E-state index in [0.29, 0.717) is 0 Å². The van der Waals surface area contributed by atoms with Crippen molar-refractivity contribution in [3.8, 4) is 5.75 Å². The number of ether oxygens (including phenoxy) is 1. The van der Waals surface area contributed by atoms with Crippen LogP contribution < -0.4 is 15.8 Å². The van der Waals surface area contributed by atoms with Crippen molar-refractivity contribution in [1.29, 1.82) is 0 Å². The van der Waals surface area contributed by atoms with Gasteiger partial charge in [-0.25, -0.2) is 4.39 Å². The molecule has 0 amide bonds. The molecule has 0 aliphatic rings. The molecule has 0 aliphatic carbocycles. The summed E-state index contributed by atoms with van der Waals surface area (Å²) in [6.07, 6.45) is -1.04. The summed E-state index contributed by atoms with van der Waals surface area (Å²) in [6, 6.07) is 13.2. The maximum Gasteiger partial charge on any atom is 0.193 e. The van der Waals surface area contributed by atoms with Gasteiger partial charge in [-0.3, -0.25) is 4.99 Å². The van der Waals surface area contributed by atoms with Gasteiger partial charge in [-0.05, 0) is 30.3 Å². The first kappa shape index (κ1) is 19.2. The number of hydrogen-bond acceptors (Lipinski definition) is 3. The number of aliphatic imine (C=N–C) groups is 1. The Balaban J connectivity index is 0.00000264. The van der Waals surface area contributed by atoms with Crippen molar-refractivity contribution < 1.29 is 14.2 Å². The van der Waals surface area contributed by atoms with Crippen LogP contribution in [0.3, 0.4) is 0 Å². The normalized spacial score (nSPS) is 12.2. The van der Waals surface area contributed by atoms with Gasteiger partial charge in [0, 0.05) is 11.3 Å².